The summed E-state index contributed by atoms with van der Waals surface area (Å²) < 4.78 is 12.8. The van der Waals surface area contributed by atoms with Crippen molar-refractivity contribution in [3.63, 3.8) is 0 Å². The molecule has 1 heterocycles. The molecule has 0 saturated heterocycles. The number of nitrogens with zero attached hydrogens (tertiary/aromatic N) is 1. The van der Waals surface area contributed by atoms with Gasteiger partial charge >= 0.3 is 0 Å². The largest absolute Gasteiger partial charge is 0.493 e. The van der Waals surface area contributed by atoms with E-state index in [0.717, 1.165) is 51.0 Å². The van der Waals surface area contributed by atoms with Crippen molar-refractivity contribution in [3.05, 3.63) is 79.6 Å². The number of carbonyl (C=O) groups excluding carboxylic acids is 2. The summed E-state index contributed by atoms with van der Waals surface area (Å²) in [4.78, 5) is 29.8. The Hall–Kier alpha value is -2.86. The standard InChI is InChI=1S/C34H40BrNO4/c1-19-9-10-21(11-20(19)2)18-40-32-23(35)12-22(13-28(32)39-8)29-30-24(14-33(3,4)16-26(30)37)36(7)25-15-34(5,6)17-27(38)31(25)29/h9-13,29H,14-18H2,1-8H3. The molecular formula is C34H40BrNO4. The third-order valence-corrected chi connectivity index (χ3v) is 9.31. The van der Waals surface area contributed by atoms with Crippen LogP contribution in [0.3, 0.4) is 0 Å². The van der Waals surface area contributed by atoms with E-state index in [1.807, 2.05) is 19.2 Å². The molecule has 0 fully saturated rings. The van der Waals surface area contributed by atoms with Crippen LogP contribution in [0.4, 0.5) is 0 Å². The maximum atomic E-state index is 13.8. The van der Waals surface area contributed by atoms with Crippen molar-refractivity contribution in [1.82, 2.24) is 4.90 Å². The molecule has 3 aliphatic rings. The Bertz CT molecular complexity index is 1420. The van der Waals surface area contributed by atoms with Gasteiger partial charge in [-0.15, -0.1) is 0 Å². The number of Topliss-reactive ketones (excluding diaryl/α,β-unsaturated/α-hetero) is 2. The molecule has 0 N–H and O–H groups in total. The van der Waals surface area contributed by atoms with Crippen LogP contribution < -0.4 is 9.47 Å². The van der Waals surface area contributed by atoms with Crippen LogP contribution in [0.2, 0.25) is 0 Å². The van der Waals surface area contributed by atoms with E-state index in [0.29, 0.717) is 30.9 Å². The van der Waals surface area contributed by atoms with Crippen molar-refractivity contribution < 1.29 is 19.1 Å². The van der Waals surface area contributed by atoms with Crippen LogP contribution in [0.5, 0.6) is 11.5 Å². The molecule has 0 spiro atoms. The van der Waals surface area contributed by atoms with Gasteiger partial charge in [-0.05, 0) is 87.8 Å². The van der Waals surface area contributed by atoms with Crippen molar-refractivity contribution in [2.45, 2.75) is 79.8 Å². The highest BCUT2D eigenvalue weighted by molar-refractivity contribution is 9.10. The van der Waals surface area contributed by atoms with Gasteiger partial charge in [0.05, 0.1) is 11.6 Å². The number of ketones is 2. The van der Waals surface area contributed by atoms with Crippen molar-refractivity contribution in [3.8, 4) is 11.5 Å². The lowest BCUT2D eigenvalue weighted by molar-refractivity contribution is -0.119. The lowest BCUT2D eigenvalue weighted by atomic mass is 9.64. The number of hydrogen-bond acceptors (Lipinski definition) is 5. The molecule has 40 heavy (non-hydrogen) atoms. The Morgan fingerprint density at radius 1 is 0.875 bits per heavy atom. The molecule has 2 aromatic rings. The van der Waals surface area contributed by atoms with Crippen LogP contribution >= 0.6 is 15.9 Å². The molecule has 0 bridgehead atoms. The number of benzene rings is 2. The Morgan fingerprint density at radius 3 is 1.98 bits per heavy atom. The smallest absolute Gasteiger partial charge is 0.175 e. The quantitative estimate of drug-likeness (QED) is 0.346. The zero-order chi connectivity index (χ0) is 29.1. The minimum atomic E-state index is -0.424. The van der Waals surface area contributed by atoms with Gasteiger partial charge in [0, 0.05) is 48.3 Å². The Morgan fingerprint density at radius 2 is 1.45 bits per heavy atom. The van der Waals surface area contributed by atoms with Gasteiger partial charge in [-0.3, -0.25) is 9.59 Å². The summed E-state index contributed by atoms with van der Waals surface area (Å²) in [5.74, 6) is 0.999. The van der Waals surface area contributed by atoms with Crippen molar-refractivity contribution in [2.24, 2.45) is 10.8 Å². The summed E-state index contributed by atoms with van der Waals surface area (Å²) in [6.07, 6.45) is 2.52. The second kappa shape index (κ2) is 10.2. The van der Waals surface area contributed by atoms with Crippen LogP contribution in [0.15, 0.2) is 57.3 Å². The molecule has 0 radical (unpaired) electrons. The number of allylic oxidation sites excluding steroid dienone is 4. The first-order valence-corrected chi connectivity index (χ1v) is 14.8. The Balaban J connectivity index is 1.61. The van der Waals surface area contributed by atoms with Crippen molar-refractivity contribution in [2.75, 3.05) is 14.2 Å². The van der Waals surface area contributed by atoms with E-state index in [2.05, 4.69) is 80.6 Å². The molecule has 2 aliphatic carbocycles. The maximum Gasteiger partial charge on any atom is 0.175 e. The summed E-state index contributed by atoms with van der Waals surface area (Å²) in [6, 6.07) is 10.3. The molecule has 0 unspecified atom stereocenters. The predicted octanol–water partition coefficient (Wildman–Crippen LogP) is 7.97. The van der Waals surface area contributed by atoms with E-state index in [1.165, 1.54) is 11.1 Å². The van der Waals surface area contributed by atoms with Crippen LogP contribution in [-0.4, -0.2) is 30.6 Å². The fourth-order valence-corrected chi connectivity index (χ4v) is 7.17. The third kappa shape index (κ3) is 5.15. The lowest BCUT2D eigenvalue weighted by Gasteiger charge is -2.48. The molecule has 0 aromatic heterocycles. The van der Waals surface area contributed by atoms with Crippen LogP contribution in [-0.2, 0) is 16.2 Å². The summed E-state index contributed by atoms with van der Waals surface area (Å²) in [5.41, 5.74) is 7.74. The zero-order valence-electron chi connectivity index (χ0n) is 25.0. The van der Waals surface area contributed by atoms with E-state index in [-0.39, 0.29) is 22.4 Å². The first-order chi connectivity index (χ1) is 18.7. The molecular weight excluding hydrogens is 566 g/mol. The monoisotopic (exact) mass is 605 g/mol. The topological polar surface area (TPSA) is 55.8 Å². The van der Waals surface area contributed by atoms with Crippen LogP contribution in [0.1, 0.15) is 81.5 Å². The number of carbonyl (C=O) groups is 2. The number of rotatable bonds is 5. The van der Waals surface area contributed by atoms with Crippen LogP contribution in [0, 0.1) is 24.7 Å². The highest BCUT2D eigenvalue weighted by Crippen LogP contribution is 2.55. The van der Waals surface area contributed by atoms with E-state index >= 15 is 0 Å². The molecule has 5 nitrogen and oxygen atoms in total. The molecule has 212 valence electrons. The SMILES string of the molecule is COc1cc(C2C3=C(CC(C)(C)CC3=O)N(C)C3=C2C(=O)CC(C)(C)C3)cc(Br)c1OCc1ccc(C)c(C)c1. The van der Waals surface area contributed by atoms with Gasteiger partial charge in [-0.2, -0.15) is 0 Å². The number of methoxy groups -OCH3 is 1. The highest BCUT2D eigenvalue weighted by atomic mass is 79.9. The van der Waals surface area contributed by atoms with Gasteiger partial charge in [0.2, 0.25) is 0 Å². The van der Waals surface area contributed by atoms with Gasteiger partial charge in [0.25, 0.3) is 0 Å². The van der Waals surface area contributed by atoms with Crippen LogP contribution in [0.25, 0.3) is 0 Å². The third-order valence-electron chi connectivity index (χ3n) is 8.72. The molecule has 0 atom stereocenters. The Labute approximate surface area is 246 Å². The van der Waals surface area contributed by atoms with Gasteiger partial charge < -0.3 is 14.4 Å². The van der Waals surface area contributed by atoms with E-state index in [4.69, 9.17) is 9.47 Å². The van der Waals surface area contributed by atoms with Crippen molar-refractivity contribution in [1.29, 1.82) is 0 Å². The van der Waals surface area contributed by atoms with E-state index in [1.54, 1.807) is 7.11 Å². The number of ether oxygens (including phenoxy) is 2. The van der Waals surface area contributed by atoms with Gasteiger partial charge in [-0.1, -0.05) is 45.9 Å². The summed E-state index contributed by atoms with van der Waals surface area (Å²) in [5, 5.41) is 0. The van der Waals surface area contributed by atoms with Gasteiger partial charge in [0.15, 0.2) is 23.1 Å². The summed E-state index contributed by atoms with van der Waals surface area (Å²) in [6.45, 7) is 13.2. The molecule has 0 amide bonds. The second-order valence-electron chi connectivity index (χ2n) is 13.3. The molecule has 1 aliphatic heterocycles. The van der Waals surface area contributed by atoms with Gasteiger partial charge in [-0.25, -0.2) is 0 Å². The van der Waals surface area contributed by atoms with E-state index < -0.39 is 5.92 Å². The average molecular weight is 607 g/mol. The number of hydrogen-bond donors (Lipinski definition) is 0. The van der Waals surface area contributed by atoms with Crippen molar-refractivity contribution >= 4 is 27.5 Å². The molecule has 2 aromatic carbocycles. The normalized spacial score (nSPS) is 20.5. The fraction of sp³-hybridized carbons (Fsp3) is 0.471. The molecule has 0 saturated carbocycles. The lowest BCUT2D eigenvalue weighted by Crippen LogP contribution is -2.43. The molecule has 5 rings (SSSR count). The highest BCUT2D eigenvalue weighted by Gasteiger charge is 2.48. The van der Waals surface area contributed by atoms with Gasteiger partial charge in [0.1, 0.15) is 6.61 Å². The maximum absolute atomic E-state index is 13.8. The first kappa shape index (κ1) is 28.7. The summed E-state index contributed by atoms with van der Waals surface area (Å²) >= 11 is 3.74. The average Bonchev–Trinajstić information content (AvgIpc) is 2.85. The minimum Gasteiger partial charge on any atom is -0.493 e. The fourth-order valence-electron chi connectivity index (χ4n) is 6.59. The second-order valence-corrected chi connectivity index (χ2v) is 14.2. The minimum absolute atomic E-state index is 0.123. The number of aryl methyl sites for hydroxylation is 2. The zero-order valence-corrected chi connectivity index (χ0v) is 26.5. The summed E-state index contributed by atoms with van der Waals surface area (Å²) in [7, 11) is 3.66. The first-order valence-electron chi connectivity index (χ1n) is 14.0. The van der Waals surface area contributed by atoms with E-state index in [9.17, 15) is 9.59 Å². The Kier molecular flexibility index (Phi) is 7.31. The molecule has 6 heteroatoms. The number of halogens is 1. The predicted molar refractivity (Wildman–Crippen MR) is 162 cm³/mol.